The molecule has 11 heavy (non-hydrogen) atoms. The van der Waals surface area contributed by atoms with Crippen molar-refractivity contribution in [1.82, 2.24) is 0 Å². The lowest BCUT2D eigenvalue weighted by Crippen LogP contribution is -2.19. The van der Waals surface area contributed by atoms with Crippen molar-refractivity contribution in [1.29, 1.82) is 0 Å². The Morgan fingerprint density at radius 2 is 2.27 bits per heavy atom. The number of rotatable bonds is 5. The molecule has 0 spiro atoms. The molecule has 0 fully saturated rings. The second-order valence-corrected chi connectivity index (χ2v) is 4.67. The third-order valence-corrected chi connectivity index (χ3v) is 3.48. The molecule has 0 aromatic carbocycles. The SMILES string of the molecule is CCC[SiH](N=C=O)OC(C)C. The van der Waals surface area contributed by atoms with Crippen molar-refractivity contribution >= 4 is 15.3 Å². The first-order chi connectivity index (χ1) is 5.20. The molecule has 0 aliphatic heterocycles. The fourth-order valence-corrected chi connectivity index (χ4v) is 2.35. The fourth-order valence-electron chi connectivity index (χ4n) is 0.783. The van der Waals surface area contributed by atoms with Crippen LogP contribution in [0.25, 0.3) is 0 Å². The zero-order chi connectivity index (χ0) is 8.69. The van der Waals surface area contributed by atoms with E-state index in [2.05, 4.69) is 11.6 Å². The number of isocyanates is 1. The number of hydrogen-bond acceptors (Lipinski definition) is 3. The molecule has 1 unspecified atom stereocenters. The van der Waals surface area contributed by atoms with Gasteiger partial charge in [0.1, 0.15) is 0 Å². The van der Waals surface area contributed by atoms with E-state index in [9.17, 15) is 4.79 Å². The van der Waals surface area contributed by atoms with Gasteiger partial charge in [-0.2, -0.15) is 0 Å². The van der Waals surface area contributed by atoms with Crippen LogP contribution in [0.5, 0.6) is 0 Å². The van der Waals surface area contributed by atoms with Gasteiger partial charge in [0.2, 0.25) is 6.08 Å². The van der Waals surface area contributed by atoms with Crippen LogP contribution in [0.3, 0.4) is 0 Å². The molecule has 0 heterocycles. The van der Waals surface area contributed by atoms with Gasteiger partial charge in [0.05, 0.1) is 0 Å². The van der Waals surface area contributed by atoms with Crippen LogP contribution in [0.1, 0.15) is 27.2 Å². The Morgan fingerprint density at radius 1 is 1.64 bits per heavy atom. The molecule has 64 valence electrons. The highest BCUT2D eigenvalue weighted by atomic mass is 28.3. The third kappa shape index (κ3) is 5.98. The third-order valence-electron chi connectivity index (χ3n) is 1.16. The maximum Gasteiger partial charge on any atom is 0.318 e. The van der Waals surface area contributed by atoms with E-state index in [1.54, 1.807) is 6.08 Å². The Hall–Kier alpha value is -0.443. The molecule has 0 rings (SSSR count). The molecular weight excluding hydrogens is 158 g/mol. The van der Waals surface area contributed by atoms with E-state index in [-0.39, 0.29) is 6.10 Å². The van der Waals surface area contributed by atoms with Crippen LogP contribution in [0.15, 0.2) is 4.66 Å². The Bertz CT molecular complexity index is 143. The van der Waals surface area contributed by atoms with Crippen molar-refractivity contribution in [2.24, 2.45) is 4.66 Å². The van der Waals surface area contributed by atoms with Crippen LogP contribution >= 0.6 is 0 Å². The van der Waals surface area contributed by atoms with Crippen molar-refractivity contribution in [3.8, 4) is 0 Å². The van der Waals surface area contributed by atoms with Crippen molar-refractivity contribution in [2.75, 3.05) is 0 Å². The van der Waals surface area contributed by atoms with Crippen molar-refractivity contribution < 1.29 is 9.22 Å². The summed E-state index contributed by atoms with van der Waals surface area (Å²) in [6.45, 7) is 5.97. The minimum Gasteiger partial charge on any atom is -0.397 e. The zero-order valence-electron chi connectivity index (χ0n) is 7.33. The van der Waals surface area contributed by atoms with Crippen LogP contribution < -0.4 is 0 Å². The second kappa shape index (κ2) is 6.28. The first-order valence-electron chi connectivity index (χ1n) is 3.93. The summed E-state index contributed by atoms with van der Waals surface area (Å²) in [5, 5.41) is 0. The monoisotopic (exact) mass is 173 g/mol. The molecule has 0 saturated carbocycles. The predicted octanol–water partition coefficient (Wildman–Crippen LogP) is 1.38. The van der Waals surface area contributed by atoms with Crippen LogP contribution in [0.2, 0.25) is 6.04 Å². The topological polar surface area (TPSA) is 38.7 Å². The van der Waals surface area contributed by atoms with Gasteiger partial charge in [0.15, 0.2) is 0 Å². The summed E-state index contributed by atoms with van der Waals surface area (Å²) in [6, 6.07) is 0.924. The molecule has 0 amide bonds. The van der Waals surface area contributed by atoms with Gasteiger partial charge >= 0.3 is 9.20 Å². The Labute approximate surface area is 69.3 Å². The van der Waals surface area contributed by atoms with Gasteiger partial charge in [-0.25, -0.2) is 9.45 Å². The normalized spacial score (nSPS) is 12.7. The van der Waals surface area contributed by atoms with Gasteiger partial charge in [0.25, 0.3) is 0 Å². The highest BCUT2D eigenvalue weighted by Crippen LogP contribution is 2.02. The van der Waals surface area contributed by atoms with Crippen LogP contribution in [-0.2, 0) is 9.22 Å². The van der Waals surface area contributed by atoms with E-state index in [0.717, 1.165) is 12.5 Å². The smallest absolute Gasteiger partial charge is 0.318 e. The summed E-state index contributed by atoms with van der Waals surface area (Å²) < 4.78 is 9.11. The van der Waals surface area contributed by atoms with Gasteiger partial charge in [-0.1, -0.05) is 13.3 Å². The molecule has 1 atom stereocenters. The van der Waals surface area contributed by atoms with E-state index < -0.39 is 9.20 Å². The largest absolute Gasteiger partial charge is 0.397 e. The Balaban J connectivity index is 3.78. The van der Waals surface area contributed by atoms with E-state index in [0.29, 0.717) is 0 Å². The van der Waals surface area contributed by atoms with E-state index in [1.807, 2.05) is 13.8 Å². The molecule has 3 nitrogen and oxygen atoms in total. The Kier molecular flexibility index (Phi) is 6.03. The van der Waals surface area contributed by atoms with Crippen LogP contribution in [0.4, 0.5) is 0 Å². The maximum absolute atomic E-state index is 9.93. The highest BCUT2D eigenvalue weighted by Gasteiger charge is 2.10. The van der Waals surface area contributed by atoms with Gasteiger partial charge in [0, 0.05) is 6.10 Å². The minimum atomic E-state index is -1.59. The second-order valence-electron chi connectivity index (χ2n) is 2.65. The highest BCUT2D eigenvalue weighted by molar-refractivity contribution is 6.50. The molecule has 0 aliphatic carbocycles. The summed E-state index contributed by atoms with van der Waals surface area (Å²) in [5.41, 5.74) is 0. The van der Waals surface area contributed by atoms with Crippen molar-refractivity contribution in [3.05, 3.63) is 0 Å². The van der Waals surface area contributed by atoms with Gasteiger partial charge in [-0.05, 0) is 19.9 Å². The number of nitrogens with zero attached hydrogens (tertiary/aromatic N) is 1. The predicted molar refractivity (Wildman–Crippen MR) is 46.6 cm³/mol. The lowest BCUT2D eigenvalue weighted by Gasteiger charge is -2.11. The molecule has 0 N–H and O–H groups in total. The lowest BCUT2D eigenvalue weighted by atomic mass is 10.5. The van der Waals surface area contributed by atoms with Crippen molar-refractivity contribution in [3.63, 3.8) is 0 Å². The lowest BCUT2D eigenvalue weighted by molar-refractivity contribution is 0.241. The molecule has 4 heteroatoms. The molecular formula is C7H15NO2Si. The standard InChI is InChI=1S/C7H15NO2Si/c1-4-5-11(8-6-9)10-7(2)3/h7,11H,4-5H2,1-3H3. The molecule has 0 bridgehead atoms. The van der Waals surface area contributed by atoms with Gasteiger partial charge < -0.3 is 4.43 Å². The quantitative estimate of drug-likeness (QED) is 0.358. The van der Waals surface area contributed by atoms with E-state index in [1.165, 1.54) is 0 Å². The number of hydrogen-bond donors (Lipinski definition) is 0. The summed E-state index contributed by atoms with van der Waals surface area (Å²) in [7, 11) is -1.59. The Morgan fingerprint density at radius 3 is 2.64 bits per heavy atom. The maximum atomic E-state index is 9.93. The fraction of sp³-hybridized carbons (Fsp3) is 0.857. The van der Waals surface area contributed by atoms with Gasteiger partial charge in [-0.3, -0.25) is 0 Å². The van der Waals surface area contributed by atoms with Crippen LogP contribution in [0, 0.1) is 0 Å². The van der Waals surface area contributed by atoms with Crippen molar-refractivity contribution in [2.45, 2.75) is 39.3 Å². The molecule has 0 aliphatic rings. The zero-order valence-corrected chi connectivity index (χ0v) is 8.49. The molecule has 0 aromatic rings. The van der Waals surface area contributed by atoms with E-state index in [4.69, 9.17) is 4.43 Å². The molecule has 0 saturated heterocycles. The minimum absolute atomic E-state index is 0.176. The molecule has 0 radical (unpaired) electrons. The van der Waals surface area contributed by atoms with Crippen LogP contribution in [-0.4, -0.2) is 21.4 Å². The van der Waals surface area contributed by atoms with Gasteiger partial charge in [-0.15, -0.1) is 0 Å². The van der Waals surface area contributed by atoms with E-state index >= 15 is 0 Å². The summed E-state index contributed by atoms with van der Waals surface area (Å²) in [5.74, 6) is 0. The average Bonchev–Trinajstić information content (AvgIpc) is 1.87. The molecule has 0 aromatic heterocycles. The first-order valence-corrected chi connectivity index (χ1v) is 5.73. The summed E-state index contributed by atoms with van der Waals surface area (Å²) in [6.07, 6.45) is 2.77. The summed E-state index contributed by atoms with van der Waals surface area (Å²) in [4.78, 5) is 9.93. The number of carbonyl (C=O) groups excluding carboxylic acids is 1. The summed E-state index contributed by atoms with van der Waals surface area (Å²) >= 11 is 0. The first kappa shape index (κ1) is 10.6. The average molecular weight is 173 g/mol.